The monoisotopic (exact) mass is 496 g/mol. The van der Waals surface area contributed by atoms with E-state index in [2.05, 4.69) is 29.6 Å². The number of carbonyl (C=O) groups excluding carboxylic acids is 2. The van der Waals surface area contributed by atoms with Gasteiger partial charge in [-0.05, 0) is 55.3 Å². The summed E-state index contributed by atoms with van der Waals surface area (Å²) >= 11 is 1.47. The average molecular weight is 497 g/mol. The average Bonchev–Trinajstić information content (AvgIpc) is 3.00. The van der Waals surface area contributed by atoms with Crippen LogP contribution >= 0.6 is 11.8 Å². The first-order valence-electron chi connectivity index (χ1n) is 11.8. The van der Waals surface area contributed by atoms with Crippen molar-refractivity contribution in [1.29, 1.82) is 0 Å². The second-order valence-electron chi connectivity index (χ2n) is 8.75. The Balaban J connectivity index is 1.43. The summed E-state index contributed by atoms with van der Waals surface area (Å²) in [6.07, 6.45) is 0.722. The van der Waals surface area contributed by atoms with Crippen LogP contribution in [0, 0.1) is 12.7 Å². The van der Waals surface area contributed by atoms with Crippen LogP contribution in [0.5, 0.6) is 0 Å². The molecule has 4 aromatic rings. The van der Waals surface area contributed by atoms with Crippen LogP contribution in [0.2, 0.25) is 0 Å². The number of anilines is 1. The van der Waals surface area contributed by atoms with Crippen molar-refractivity contribution in [3.8, 4) is 0 Å². The third-order valence-corrected chi connectivity index (χ3v) is 7.34. The molecule has 0 saturated heterocycles. The second kappa shape index (κ2) is 10.4. The molecular formula is C30H25FN2O2S. The number of hydrogen-bond donors (Lipinski definition) is 1. The zero-order valence-electron chi connectivity index (χ0n) is 19.8. The van der Waals surface area contributed by atoms with Gasteiger partial charge in [-0.25, -0.2) is 4.39 Å². The number of nitrogens with zero attached hydrogens (tertiary/aromatic N) is 1. The van der Waals surface area contributed by atoms with Crippen molar-refractivity contribution in [1.82, 2.24) is 5.32 Å². The molecule has 0 fully saturated rings. The fraction of sp³-hybridized carbons (Fsp3) is 0.133. The molecule has 0 bridgehead atoms. The van der Waals surface area contributed by atoms with Gasteiger partial charge in [-0.15, -0.1) is 0 Å². The maximum atomic E-state index is 14.5. The van der Waals surface area contributed by atoms with Crippen LogP contribution in [0.4, 0.5) is 10.1 Å². The Morgan fingerprint density at radius 1 is 0.917 bits per heavy atom. The fourth-order valence-electron chi connectivity index (χ4n) is 4.19. The summed E-state index contributed by atoms with van der Waals surface area (Å²) < 4.78 is 14.5. The van der Waals surface area contributed by atoms with Gasteiger partial charge in [-0.1, -0.05) is 71.9 Å². The molecule has 0 saturated carbocycles. The maximum absolute atomic E-state index is 14.5. The van der Waals surface area contributed by atoms with E-state index in [-0.39, 0.29) is 24.2 Å². The Bertz CT molecular complexity index is 1440. The Labute approximate surface area is 214 Å². The molecule has 0 aliphatic carbocycles. The molecular weight excluding hydrogens is 471 g/mol. The van der Waals surface area contributed by atoms with Crippen LogP contribution < -0.4 is 10.2 Å². The topological polar surface area (TPSA) is 49.4 Å². The summed E-state index contributed by atoms with van der Waals surface area (Å²) in [5, 5.41) is 2.98. The quantitative estimate of drug-likeness (QED) is 0.335. The van der Waals surface area contributed by atoms with Crippen LogP contribution in [0.1, 0.15) is 37.4 Å². The Hall–Kier alpha value is -3.90. The first-order valence-corrected chi connectivity index (χ1v) is 12.6. The fourth-order valence-corrected chi connectivity index (χ4v) is 5.25. The van der Waals surface area contributed by atoms with Crippen LogP contribution in [0.3, 0.4) is 0 Å². The van der Waals surface area contributed by atoms with Gasteiger partial charge in [-0.2, -0.15) is 0 Å². The van der Waals surface area contributed by atoms with Crippen LogP contribution in [-0.2, 0) is 13.0 Å². The van der Waals surface area contributed by atoms with Gasteiger partial charge in [0, 0.05) is 27.5 Å². The number of nitrogens with one attached hydrogen (secondary N) is 1. The number of fused-ring (bicyclic) bond motifs is 2. The molecule has 6 heteroatoms. The van der Waals surface area contributed by atoms with Gasteiger partial charge in [0.15, 0.2) is 0 Å². The van der Waals surface area contributed by atoms with Gasteiger partial charge in [-0.3, -0.25) is 9.59 Å². The van der Waals surface area contributed by atoms with Crippen LogP contribution in [0.15, 0.2) is 101 Å². The summed E-state index contributed by atoms with van der Waals surface area (Å²) in [7, 11) is 0. The molecule has 4 nitrogen and oxygen atoms in total. The predicted molar refractivity (Wildman–Crippen MR) is 141 cm³/mol. The molecule has 2 amide bonds. The first-order chi connectivity index (χ1) is 17.5. The van der Waals surface area contributed by atoms with Gasteiger partial charge in [0.25, 0.3) is 11.8 Å². The number of amides is 2. The molecule has 36 heavy (non-hydrogen) atoms. The Morgan fingerprint density at radius 2 is 1.67 bits per heavy atom. The van der Waals surface area contributed by atoms with Crippen molar-refractivity contribution in [2.75, 3.05) is 11.4 Å². The van der Waals surface area contributed by atoms with Gasteiger partial charge >= 0.3 is 0 Å². The van der Waals surface area contributed by atoms with E-state index in [0.29, 0.717) is 28.9 Å². The third kappa shape index (κ3) is 5.04. The molecule has 0 radical (unpaired) electrons. The highest BCUT2D eigenvalue weighted by Crippen LogP contribution is 2.42. The summed E-state index contributed by atoms with van der Waals surface area (Å²) in [5.74, 6) is -0.811. The maximum Gasteiger partial charge on any atom is 0.259 e. The molecule has 5 rings (SSSR count). The van der Waals surface area contributed by atoms with Crippen molar-refractivity contribution in [2.45, 2.75) is 29.7 Å². The highest BCUT2D eigenvalue weighted by molar-refractivity contribution is 7.99. The third-order valence-electron chi connectivity index (χ3n) is 6.20. The van der Waals surface area contributed by atoms with Gasteiger partial charge in [0.1, 0.15) is 5.82 Å². The molecule has 1 aliphatic rings. The van der Waals surface area contributed by atoms with Crippen LogP contribution in [0.25, 0.3) is 0 Å². The zero-order chi connectivity index (χ0) is 25.1. The number of hydrogen-bond acceptors (Lipinski definition) is 3. The molecule has 4 aromatic carbocycles. The molecule has 0 spiro atoms. The van der Waals surface area contributed by atoms with E-state index in [9.17, 15) is 14.0 Å². The summed E-state index contributed by atoms with van der Waals surface area (Å²) in [5.41, 5.74) is 4.36. The van der Waals surface area contributed by atoms with E-state index < -0.39 is 0 Å². The largest absolute Gasteiger partial charge is 0.352 e. The van der Waals surface area contributed by atoms with Gasteiger partial charge < -0.3 is 10.2 Å². The Morgan fingerprint density at radius 3 is 2.47 bits per heavy atom. The molecule has 1 aliphatic heterocycles. The summed E-state index contributed by atoms with van der Waals surface area (Å²) in [6.45, 7) is 2.60. The van der Waals surface area contributed by atoms with Crippen molar-refractivity contribution in [2.24, 2.45) is 0 Å². The lowest BCUT2D eigenvalue weighted by atomic mass is 10.1. The smallest absolute Gasteiger partial charge is 0.259 e. The number of benzene rings is 4. The van der Waals surface area contributed by atoms with E-state index in [1.165, 1.54) is 23.4 Å². The molecule has 0 aromatic heterocycles. The number of carbonyl (C=O) groups is 2. The second-order valence-corrected chi connectivity index (χ2v) is 9.84. The van der Waals surface area contributed by atoms with Crippen molar-refractivity contribution < 1.29 is 14.0 Å². The standard InChI is InChI=1S/C30H25FN2O2S/c1-20-10-12-21(13-11-20)16-17-32-29(34)22-14-15-28-26(18-22)33(19-23-6-2-4-8-25(23)31)30(35)24-7-3-5-9-27(24)36-28/h2-15,18H,16-17,19H2,1H3,(H,32,34). The summed E-state index contributed by atoms with van der Waals surface area (Å²) in [6, 6.07) is 27.4. The minimum absolute atomic E-state index is 0.0614. The lowest BCUT2D eigenvalue weighted by Gasteiger charge is -2.24. The van der Waals surface area contributed by atoms with E-state index in [1.54, 1.807) is 41.3 Å². The highest BCUT2D eigenvalue weighted by atomic mass is 32.2. The first kappa shape index (κ1) is 23.8. The van der Waals surface area contributed by atoms with E-state index in [4.69, 9.17) is 0 Å². The molecule has 0 unspecified atom stereocenters. The molecule has 1 heterocycles. The number of aryl methyl sites for hydroxylation is 1. The number of halogens is 1. The van der Waals surface area contributed by atoms with Gasteiger partial charge in [0.2, 0.25) is 0 Å². The minimum atomic E-state index is -0.373. The normalized spacial score (nSPS) is 12.5. The minimum Gasteiger partial charge on any atom is -0.352 e. The predicted octanol–water partition coefficient (Wildman–Crippen LogP) is 6.42. The van der Waals surface area contributed by atoms with E-state index in [1.807, 2.05) is 31.2 Å². The Kier molecular flexibility index (Phi) is 6.87. The lowest BCUT2D eigenvalue weighted by molar-refractivity contribution is 0.0950. The molecule has 1 N–H and O–H groups in total. The van der Waals surface area contributed by atoms with Crippen molar-refractivity contribution in [3.05, 3.63) is 125 Å². The van der Waals surface area contributed by atoms with E-state index in [0.717, 1.165) is 21.8 Å². The highest BCUT2D eigenvalue weighted by Gasteiger charge is 2.28. The van der Waals surface area contributed by atoms with Gasteiger partial charge in [0.05, 0.1) is 17.8 Å². The van der Waals surface area contributed by atoms with E-state index >= 15 is 0 Å². The SMILES string of the molecule is Cc1ccc(CCNC(=O)c2ccc3c(c2)N(Cc2ccccc2F)C(=O)c2ccccc2S3)cc1. The lowest BCUT2D eigenvalue weighted by Crippen LogP contribution is -2.31. The zero-order valence-corrected chi connectivity index (χ0v) is 20.6. The van der Waals surface area contributed by atoms with Crippen molar-refractivity contribution >= 4 is 29.3 Å². The van der Waals surface area contributed by atoms with Crippen LogP contribution in [-0.4, -0.2) is 18.4 Å². The molecule has 0 atom stereocenters. The van der Waals surface area contributed by atoms with Crippen molar-refractivity contribution in [3.63, 3.8) is 0 Å². The number of rotatable bonds is 6. The molecule has 180 valence electrons. The summed E-state index contributed by atoms with van der Waals surface area (Å²) in [4.78, 5) is 29.9.